The van der Waals surface area contributed by atoms with Crippen LogP contribution in [-0.4, -0.2) is 49.5 Å². The summed E-state index contributed by atoms with van der Waals surface area (Å²) in [5.74, 6) is 0.323. The first-order chi connectivity index (χ1) is 15.0. The Morgan fingerprint density at radius 1 is 1.13 bits per heavy atom. The summed E-state index contributed by atoms with van der Waals surface area (Å²) >= 11 is 0. The maximum atomic E-state index is 14.6. The lowest BCUT2D eigenvalue weighted by molar-refractivity contribution is 0.191. The smallest absolute Gasteiger partial charge is 0.149 e. The van der Waals surface area contributed by atoms with Gasteiger partial charge in [-0.25, -0.2) is 13.8 Å². The molecule has 1 aromatic carbocycles. The van der Waals surface area contributed by atoms with Gasteiger partial charge >= 0.3 is 0 Å². The van der Waals surface area contributed by atoms with Crippen LogP contribution in [0.15, 0.2) is 36.5 Å². The summed E-state index contributed by atoms with van der Waals surface area (Å²) < 4.78 is 33.6. The minimum absolute atomic E-state index is 0.297. The summed E-state index contributed by atoms with van der Waals surface area (Å²) in [5.41, 5.74) is 0.972. The predicted octanol–water partition coefficient (Wildman–Crippen LogP) is 4.76. The number of anilines is 2. The zero-order valence-corrected chi connectivity index (χ0v) is 18.1. The number of ether oxygens (including phenoxy) is 1. The van der Waals surface area contributed by atoms with Gasteiger partial charge in [0.15, 0.2) is 0 Å². The predicted molar refractivity (Wildman–Crippen MR) is 121 cm³/mol. The number of pyridine rings is 1. The van der Waals surface area contributed by atoms with E-state index in [2.05, 4.69) is 20.9 Å². The van der Waals surface area contributed by atoms with Gasteiger partial charge in [0.1, 0.15) is 17.3 Å². The van der Waals surface area contributed by atoms with Crippen molar-refractivity contribution in [1.82, 2.24) is 10.3 Å². The molecule has 2 fully saturated rings. The number of hydrogen-bond acceptors (Lipinski definition) is 5. The third kappa shape index (κ3) is 6.14. The van der Waals surface area contributed by atoms with E-state index in [-0.39, 0.29) is 5.82 Å². The third-order valence-electron chi connectivity index (χ3n) is 6.25. The van der Waals surface area contributed by atoms with Crippen molar-refractivity contribution in [2.75, 3.05) is 37.4 Å². The van der Waals surface area contributed by atoms with Crippen LogP contribution in [0.3, 0.4) is 0 Å². The van der Waals surface area contributed by atoms with Crippen LogP contribution in [-0.2, 0) is 4.74 Å². The van der Waals surface area contributed by atoms with Crippen molar-refractivity contribution < 1.29 is 13.5 Å². The molecule has 31 heavy (non-hydrogen) atoms. The molecule has 2 aromatic rings. The van der Waals surface area contributed by atoms with E-state index < -0.39 is 5.67 Å². The summed E-state index contributed by atoms with van der Waals surface area (Å²) in [7, 11) is 1.71. The number of methoxy groups -OCH3 is 1. The molecule has 168 valence electrons. The molecule has 2 aliphatic rings. The van der Waals surface area contributed by atoms with Gasteiger partial charge in [0.25, 0.3) is 0 Å². The molecule has 2 aliphatic carbocycles. The maximum absolute atomic E-state index is 14.6. The van der Waals surface area contributed by atoms with Crippen LogP contribution in [0.5, 0.6) is 0 Å². The van der Waals surface area contributed by atoms with E-state index in [1.807, 2.05) is 24.3 Å². The van der Waals surface area contributed by atoms with Crippen molar-refractivity contribution in [2.45, 2.75) is 56.3 Å². The Balaban J connectivity index is 1.36. The first kappa shape index (κ1) is 22.0. The molecule has 0 radical (unpaired) electrons. The van der Waals surface area contributed by atoms with Gasteiger partial charge in [-0.15, -0.1) is 0 Å². The van der Waals surface area contributed by atoms with Crippen LogP contribution in [0.25, 0.3) is 11.1 Å². The topological polar surface area (TPSA) is 58.2 Å². The monoisotopic (exact) mass is 430 g/mol. The molecule has 4 rings (SSSR count). The quantitative estimate of drug-likeness (QED) is 0.475. The first-order valence-electron chi connectivity index (χ1n) is 11.2. The highest BCUT2D eigenvalue weighted by Crippen LogP contribution is 2.39. The number of halogens is 2. The molecule has 2 saturated carbocycles. The molecule has 0 atom stereocenters. The molecule has 0 aliphatic heterocycles. The fourth-order valence-electron chi connectivity index (χ4n) is 4.12. The molecule has 0 spiro atoms. The molecule has 0 bridgehead atoms. The second-order valence-electron chi connectivity index (χ2n) is 8.77. The van der Waals surface area contributed by atoms with Gasteiger partial charge in [0, 0.05) is 43.5 Å². The van der Waals surface area contributed by atoms with Crippen LogP contribution >= 0.6 is 0 Å². The van der Waals surface area contributed by atoms with Gasteiger partial charge in [0.2, 0.25) is 0 Å². The Morgan fingerprint density at radius 2 is 1.90 bits per heavy atom. The van der Waals surface area contributed by atoms with Gasteiger partial charge in [-0.2, -0.15) is 0 Å². The number of hydrogen-bond donors (Lipinski definition) is 3. The van der Waals surface area contributed by atoms with E-state index in [0.29, 0.717) is 42.9 Å². The van der Waals surface area contributed by atoms with Gasteiger partial charge in [-0.05, 0) is 62.3 Å². The molecular weight excluding hydrogens is 398 g/mol. The number of nitrogens with one attached hydrogen (secondary N) is 3. The fourth-order valence-corrected chi connectivity index (χ4v) is 4.12. The van der Waals surface area contributed by atoms with Crippen molar-refractivity contribution >= 4 is 11.5 Å². The van der Waals surface area contributed by atoms with E-state index in [1.165, 1.54) is 6.20 Å². The average Bonchev–Trinajstić information content (AvgIpc) is 3.53. The molecule has 0 amide bonds. The SMILES string of the molecule is COCCNC1CCC(Nc2cc(-c3cccc(NCC4(F)CC4)c3)c(F)cn2)CC1. The average molecular weight is 431 g/mol. The Hall–Kier alpha value is -2.25. The Kier molecular flexibility index (Phi) is 7.02. The lowest BCUT2D eigenvalue weighted by Gasteiger charge is -2.30. The van der Waals surface area contributed by atoms with E-state index in [9.17, 15) is 8.78 Å². The summed E-state index contributed by atoms with van der Waals surface area (Å²) in [6, 6.07) is 10.1. The van der Waals surface area contributed by atoms with E-state index in [4.69, 9.17) is 4.74 Å². The number of alkyl halides is 1. The number of rotatable bonds is 10. The van der Waals surface area contributed by atoms with E-state index in [0.717, 1.165) is 50.1 Å². The van der Waals surface area contributed by atoms with Crippen LogP contribution in [0.1, 0.15) is 38.5 Å². The number of aromatic nitrogens is 1. The van der Waals surface area contributed by atoms with Gasteiger partial charge < -0.3 is 20.7 Å². The molecule has 3 N–H and O–H groups in total. The zero-order valence-electron chi connectivity index (χ0n) is 18.1. The Bertz CT molecular complexity index is 866. The standard InChI is InChI=1S/C24H32F2N4O/c1-31-12-11-27-18-5-7-19(8-6-18)30-23-14-21(22(25)15-28-23)17-3-2-4-20(13-17)29-16-24(26)9-10-24/h2-4,13-15,18-19,27,29H,5-12,16H2,1H3,(H,28,30). The summed E-state index contributed by atoms with van der Waals surface area (Å²) in [6.07, 6.45) is 6.78. The molecule has 1 heterocycles. The highest BCUT2D eigenvalue weighted by molar-refractivity contribution is 5.70. The fraction of sp³-hybridized carbons (Fsp3) is 0.542. The maximum Gasteiger partial charge on any atom is 0.149 e. The van der Waals surface area contributed by atoms with Gasteiger partial charge in [-0.1, -0.05) is 12.1 Å². The second kappa shape index (κ2) is 9.92. The molecular formula is C24H32F2N4O. The Labute approximate surface area is 183 Å². The van der Waals surface area contributed by atoms with Crippen molar-refractivity contribution in [2.24, 2.45) is 0 Å². The molecule has 0 saturated heterocycles. The van der Waals surface area contributed by atoms with Crippen LogP contribution in [0.4, 0.5) is 20.3 Å². The number of nitrogens with zero attached hydrogens (tertiary/aromatic N) is 1. The van der Waals surface area contributed by atoms with Crippen molar-refractivity contribution in [3.8, 4) is 11.1 Å². The van der Waals surface area contributed by atoms with Gasteiger partial charge in [-0.3, -0.25) is 0 Å². The van der Waals surface area contributed by atoms with Crippen molar-refractivity contribution in [1.29, 1.82) is 0 Å². The lowest BCUT2D eigenvalue weighted by atomic mass is 9.91. The van der Waals surface area contributed by atoms with E-state index in [1.54, 1.807) is 13.2 Å². The van der Waals surface area contributed by atoms with Crippen LogP contribution < -0.4 is 16.0 Å². The van der Waals surface area contributed by atoms with Crippen molar-refractivity contribution in [3.63, 3.8) is 0 Å². The van der Waals surface area contributed by atoms with Crippen LogP contribution in [0.2, 0.25) is 0 Å². The van der Waals surface area contributed by atoms with Crippen LogP contribution in [0, 0.1) is 5.82 Å². The lowest BCUT2D eigenvalue weighted by Crippen LogP contribution is -2.38. The zero-order chi connectivity index (χ0) is 21.7. The largest absolute Gasteiger partial charge is 0.383 e. The van der Waals surface area contributed by atoms with Gasteiger partial charge in [0.05, 0.1) is 12.8 Å². The molecule has 5 nitrogen and oxygen atoms in total. The minimum Gasteiger partial charge on any atom is -0.383 e. The third-order valence-corrected chi connectivity index (χ3v) is 6.25. The summed E-state index contributed by atoms with van der Waals surface area (Å²) in [5, 5.41) is 10.1. The highest BCUT2D eigenvalue weighted by Gasteiger charge is 2.42. The highest BCUT2D eigenvalue weighted by atomic mass is 19.1. The normalized spacial score (nSPS) is 22.2. The summed E-state index contributed by atoms with van der Waals surface area (Å²) in [4.78, 5) is 4.25. The van der Waals surface area contributed by atoms with Crippen molar-refractivity contribution in [3.05, 3.63) is 42.3 Å². The number of benzene rings is 1. The second-order valence-corrected chi connectivity index (χ2v) is 8.77. The van der Waals surface area contributed by atoms with E-state index >= 15 is 0 Å². The first-order valence-corrected chi connectivity index (χ1v) is 11.2. The minimum atomic E-state index is -1.08. The summed E-state index contributed by atoms with van der Waals surface area (Å²) in [6.45, 7) is 1.90. The molecule has 0 unspecified atom stereocenters. The molecule has 7 heteroatoms. The molecule has 1 aromatic heterocycles. The Morgan fingerprint density at radius 3 is 2.65 bits per heavy atom.